The average molecular weight is 197 g/mol. The van der Waals surface area contributed by atoms with Gasteiger partial charge in [-0.15, -0.1) is 0 Å². The summed E-state index contributed by atoms with van der Waals surface area (Å²) in [5.41, 5.74) is 9.25. The number of Topliss-reactive ketones (excluding diaryl/α,β-unsaturated/α-hetero) is 1. The Balaban J connectivity index is 4.22. The number of allylic oxidation sites excluding steroid dienone is 1. The van der Waals surface area contributed by atoms with Crippen LogP contribution in [0.5, 0.6) is 0 Å². The molecule has 0 aliphatic carbocycles. The lowest BCUT2D eigenvalue weighted by Crippen LogP contribution is -2.35. The molecular weight excluding hydrogens is 178 g/mol. The zero-order valence-electron chi connectivity index (χ0n) is 9.08. The van der Waals surface area contributed by atoms with Crippen LogP contribution in [0.25, 0.3) is 0 Å². The molecule has 0 spiro atoms. The molecule has 0 rings (SSSR count). The van der Waals surface area contributed by atoms with E-state index < -0.39 is 6.04 Å². The van der Waals surface area contributed by atoms with Crippen molar-refractivity contribution in [3.63, 3.8) is 0 Å². The van der Waals surface area contributed by atoms with Gasteiger partial charge in [-0.25, -0.2) is 0 Å². The lowest BCUT2D eigenvalue weighted by Gasteiger charge is -2.14. The number of carbonyl (C=O) groups excluding carboxylic acids is 1. The van der Waals surface area contributed by atoms with Gasteiger partial charge in [0.1, 0.15) is 0 Å². The number of nitrogens with two attached hydrogens (primary N) is 1. The normalized spacial score (nSPS) is 13.9. The van der Waals surface area contributed by atoms with E-state index in [1.54, 1.807) is 0 Å². The maximum Gasteiger partial charge on any atom is 0.152 e. The highest BCUT2D eigenvalue weighted by Gasteiger charge is 2.17. The smallest absolute Gasteiger partial charge is 0.152 e. The van der Waals surface area contributed by atoms with Gasteiger partial charge >= 0.3 is 0 Å². The molecule has 0 heterocycles. The Hall–Kier alpha value is -1.16. The molecule has 3 N–H and O–H groups in total. The first-order valence-corrected chi connectivity index (χ1v) is 4.69. The second-order valence-electron chi connectivity index (χ2n) is 3.45. The fourth-order valence-corrected chi connectivity index (χ4v) is 1.10. The van der Waals surface area contributed by atoms with Crippen molar-refractivity contribution < 1.29 is 4.79 Å². The van der Waals surface area contributed by atoms with Crippen LogP contribution in [0.15, 0.2) is 16.9 Å². The molecule has 0 radical (unpaired) electrons. The van der Waals surface area contributed by atoms with Gasteiger partial charge in [0.05, 0.1) is 6.04 Å². The Morgan fingerprint density at radius 1 is 1.64 bits per heavy atom. The molecule has 1 atom stereocenters. The maximum atomic E-state index is 11.5. The summed E-state index contributed by atoms with van der Waals surface area (Å²) in [6.45, 7) is 8.86. The summed E-state index contributed by atoms with van der Waals surface area (Å²) in [6.07, 6.45) is 2.31. The highest BCUT2D eigenvalue weighted by Crippen LogP contribution is 2.06. The second-order valence-corrected chi connectivity index (χ2v) is 3.45. The van der Waals surface area contributed by atoms with Crippen molar-refractivity contribution in [3.05, 3.63) is 11.8 Å². The molecule has 0 aromatic rings. The van der Waals surface area contributed by atoms with Gasteiger partial charge < -0.3 is 5.73 Å². The van der Waals surface area contributed by atoms with Crippen LogP contribution < -0.4 is 11.2 Å². The first-order chi connectivity index (χ1) is 6.52. The van der Waals surface area contributed by atoms with Crippen LogP contribution in [0, 0.1) is 5.92 Å². The summed E-state index contributed by atoms with van der Waals surface area (Å²) in [6, 6.07) is -0.463. The van der Waals surface area contributed by atoms with E-state index in [1.807, 2.05) is 26.8 Å². The van der Waals surface area contributed by atoms with Crippen molar-refractivity contribution in [3.8, 4) is 0 Å². The SMILES string of the molecule is C=NN/C(=C\C)CC(N)C(=O)C(C)C. The number of hydrazone groups is 1. The number of nitrogens with one attached hydrogen (secondary N) is 1. The molecule has 0 bridgehead atoms. The number of ketones is 1. The number of nitrogens with zero attached hydrogens (tertiary/aromatic N) is 1. The lowest BCUT2D eigenvalue weighted by atomic mass is 9.99. The van der Waals surface area contributed by atoms with E-state index in [0.29, 0.717) is 6.42 Å². The van der Waals surface area contributed by atoms with E-state index in [0.717, 1.165) is 5.70 Å². The van der Waals surface area contributed by atoms with Crippen molar-refractivity contribution >= 4 is 12.5 Å². The van der Waals surface area contributed by atoms with Crippen LogP contribution in [0.2, 0.25) is 0 Å². The van der Waals surface area contributed by atoms with Crippen molar-refractivity contribution in [1.29, 1.82) is 0 Å². The Labute approximate surface area is 85.3 Å². The number of rotatable bonds is 6. The van der Waals surface area contributed by atoms with E-state index in [1.165, 1.54) is 0 Å². The molecular formula is C10H19N3O. The molecule has 80 valence electrons. The summed E-state index contributed by atoms with van der Waals surface area (Å²) >= 11 is 0. The number of carbonyl (C=O) groups is 1. The Morgan fingerprint density at radius 3 is 2.57 bits per heavy atom. The zero-order chi connectivity index (χ0) is 11.1. The van der Waals surface area contributed by atoms with E-state index in [-0.39, 0.29) is 11.7 Å². The summed E-state index contributed by atoms with van der Waals surface area (Å²) in [7, 11) is 0. The molecule has 0 fully saturated rings. The van der Waals surface area contributed by atoms with Crippen LogP contribution in [0.3, 0.4) is 0 Å². The molecule has 0 aliphatic heterocycles. The van der Waals surface area contributed by atoms with E-state index in [4.69, 9.17) is 5.73 Å². The standard InChI is InChI=1S/C10H19N3O/c1-5-8(13-12-4)6-9(11)10(14)7(2)3/h5,7,9,13H,4,6,11H2,1-3H3/b8-5-. The lowest BCUT2D eigenvalue weighted by molar-refractivity contribution is -0.123. The third kappa shape index (κ3) is 4.18. The third-order valence-corrected chi connectivity index (χ3v) is 1.95. The molecule has 4 nitrogen and oxygen atoms in total. The van der Waals surface area contributed by atoms with Crippen molar-refractivity contribution in [1.82, 2.24) is 5.43 Å². The summed E-state index contributed by atoms with van der Waals surface area (Å²) in [5.74, 6) is 0.0370. The fourth-order valence-electron chi connectivity index (χ4n) is 1.10. The molecule has 0 amide bonds. The Bertz CT molecular complexity index is 234. The maximum absolute atomic E-state index is 11.5. The minimum Gasteiger partial charge on any atom is -0.321 e. The first kappa shape index (κ1) is 12.8. The minimum absolute atomic E-state index is 0.0280. The fraction of sp³-hybridized carbons (Fsp3) is 0.600. The van der Waals surface area contributed by atoms with Gasteiger partial charge in [-0.3, -0.25) is 10.2 Å². The Kier molecular flexibility index (Phi) is 5.79. The first-order valence-electron chi connectivity index (χ1n) is 4.69. The number of hydrogen-bond acceptors (Lipinski definition) is 4. The van der Waals surface area contributed by atoms with Gasteiger partial charge in [-0.05, 0) is 6.92 Å². The zero-order valence-corrected chi connectivity index (χ0v) is 9.08. The van der Waals surface area contributed by atoms with Crippen LogP contribution >= 0.6 is 0 Å². The highest BCUT2D eigenvalue weighted by molar-refractivity contribution is 5.85. The third-order valence-electron chi connectivity index (χ3n) is 1.95. The molecule has 4 heteroatoms. The molecule has 1 unspecified atom stereocenters. The molecule has 0 aliphatic rings. The summed E-state index contributed by atoms with van der Waals surface area (Å²) in [5, 5.41) is 3.53. The predicted molar refractivity (Wildman–Crippen MR) is 58.9 cm³/mol. The molecule has 14 heavy (non-hydrogen) atoms. The summed E-state index contributed by atoms with van der Waals surface area (Å²) < 4.78 is 0. The van der Waals surface area contributed by atoms with Crippen LogP contribution in [-0.4, -0.2) is 18.5 Å². The van der Waals surface area contributed by atoms with Crippen LogP contribution in [0.1, 0.15) is 27.2 Å². The topological polar surface area (TPSA) is 67.5 Å². The van der Waals surface area contributed by atoms with Gasteiger partial charge in [-0.2, -0.15) is 5.10 Å². The number of hydrogen-bond donors (Lipinski definition) is 2. The van der Waals surface area contributed by atoms with Gasteiger partial charge in [0.25, 0.3) is 0 Å². The van der Waals surface area contributed by atoms with Gasteiger partial charge in [0.2, 0.25) is 0 Å². The molecule has 0 aromatic carbocycles. The Morgan fingerprint density at radius 2 is 2.21 bits per heavy atom. The highest BCUT2D eigenvalue weighted by atomic mass is 16.1. The van der Waals surface area contributed by atoms with Crippen LogP contribution in [0.4, 0.5) is 0 Å². The van der Waals surface area contributed by atoms with E-state index >= 15 is 0 Å². The van der Waals surface area contributed by atoms with Crippen molar-refractivity contribution in [2.45, 2.75) is 33.2 Å². The van der Waals surface area contributed by atoms with Gasteiger partial charge in [-0.1, -0.05) is 19.9 Å². The van der Waals surface area contributed by atoms with Crippen LogP contribution in [-0.2, 0) is 4.79 Å². The van der Waals surface area contributed by atoms with E-state index in [2.05, 4.69) is 17.2 Å². The second kappa shape index (κ2) is 6.32. The summed E-state index contributed by atoms with van der Waals surface area (Å²) in [4.78, 5) is 11.5. The van der Waals surface area contributed by atoms with Gasteiger partial charge in [0.15, 0.2) is 5.78 Å². The van der Waals surface area contributed by atoms with Gasteiger partial charge in [0, 0.05) is 24.8 Å². The quantitative estimate of drug-likeness (QED) is 0.494. The molecule has 0 aromatic heterocycles. The average Bonchev–Trinajstić information content (AvgIpc) is 2.15. The largest absolute Gasteiger partial charge is 0.321 e. The molecule has 0 saturated carbocycles. The predicted octanol–water partition coefficient (Wildman–Crippen LogP) is 1.04. The van der Waals surface area contributed by atoms with Crippen molar-refractivity contribution in [2.75, 3.05) is 0 Å². The van der Waals surface area contributed by atoms with E-state index in [9.17, 15) is 4.79 Å². The molecule has 0 saturated heterocycles. The minimum atomic E-state index is -0.463. The monoisotopic (exact) mass is 197 g/mol. The van der Waals surface area contributed by atoms with Crippen molar-refractivity contribution in [2.24, 2.45) is 16.8 Å².